The number of rotatable bonds is 4. The van der Waals surface area contributed by atoms with Gasteiger partial charge in [0.2, 0.25) is 10.0 Å². The van der Waals surface area contributed by atoms with Crippen molar-refractivity contribution < 1.29 is 8.42 Å². The molecular weight excluding hydrogens is 370 g/mol. The molecule has 0 bridgehead atoms. The molecule has 28 heavy (non-hydrogen) atoms. The van der Waals surface area contributed by atoms with Gasteiger partial charge in [-0.05, 0) is 35.1 Å². The van der Waals surface area contributed by atoms with Crippen molar-refractivity contribution in [3.8, 4) is 22.4 Å². The number of H-pyrrole nitrogens is 1. The average Bonchev–Trinajstić information content (AvgIpc) is 3.18. The van der Waals surface area contributed by atoms with Crippen LogP contribution in [0.3, 0.4) is 0 Å². The first-order valence-corrected chi connectivity index (χ1v) is 10.6. The van der Waals surface area contributed by atoms with E-state index in [4.69, 9.17) is 5.14 Å². The Morgan fingerprint density at radius 3 is 2.36 bits per heavy atom. The Balaban J connectivity index is 1.69. The summed E-state index contributed by atoms with van der Waals surface area (Å²) in [5.74, 6) is 0.227. The minimum atomic E-state index is -3.70. The maximum Gasteiger partial charge on any atom is 0.237 e. The second kappa shape index (κ2) is 7.22. The zero-order valence-corrected chi connectivity index (χ0v) is 16.3. The quantitative estimate of drug-likeness (QED) is 0.693. The van der Waals surface area contributed by atoms with E-state index in [1.165, 1.54) is 0 Å². The zero-order chi connectivity index (χ0) is 19.7. The summed E-state index contributed by atoms with van der Waals surface area (Å²) in [6, 6.07) is 18.2. The fourth-order valence-corrected chi connectivity index (χ4v) is 4.13. The van der Waals surface area contributed by atoms with E-state index in [0.717, 1.165) is 33.5 Å². The Morgan fingerprint density at radius 1 is 1.00 bits per heavy atom. The number of hydrogen-bond acceptors (Lipinski definition) is 3. The second-order valence-corrected chi connectivity index (χ2v) is 8.55. The van der Waals surface area contributed by atoms with Crippen LogP contribution >= 0.6 is 0 Å². The summed E-state index contributed by atoms with van der Waals surface area (Å²) in [4.78, 5) is 0.186. The summed E-state index contributed by atoms with van der Waals surface area (Å²) >= 11 is 0. The van der Waals surface area contributed by atoms with Gasteiger partial charge in [0.1, 0.15) is 0 Å². The molecule has 4 rings (SSSR count). The van der Waals surface area contributed by atoms with Crippen molar-refractivity contribution in [2.75, 3.05) is 0 Å². The van der Waals surface area contributed by atoms with Gasteiger partial charge in [-0.15, -0.1) is 0 Å². The van der Waals surface area contributed by atoms with Crippen LogP contribution < -0.4 is 5.14 Å². The average molecular weight is 391 g/mol. The normalized spacial score (nSPS) is 17.1. The Kier molecular flexibility index (Phi) is 4.75. The molecule has 3 N–H and O–H groups in total. The van der Waals surface area contributed by atoms with Crippen molar-refractivity contribution in [1.29, 1.82) is 0 Å². The highest BCUT2D eigenvalue weighted by Gasteiger charge is 2.20. The molecule has 1 aromatic heterocycles. The topological polar surface area (TPSA) is 88.8 Å². The molecule has 0 aliphatic heterocycles. The first-order chi connectivity index (χ1) is 13.4. The maximum atomic E-state index is 11.7. The van der Waals surface area contributed by atoms with Gasteiger partial charge in [0, 0.05) is 11.1 Å². The summed E-state index contributed by atoms with van der Waals surface area (Å²) in [5.41, 5.74) is 6.09. The Labute approximate surface area is 164 Å². The van der Waals surface area contributed by atoms with Crippen molar-refractivity contribution >= 4 is 15.6 Å². The molecule has 0 radical (unpaired) electrons. The van der Waals surface area contributed by atoms with Gasteiger partial charge in [-0.1, -0.05) is 67.6 Å². The van der Waals surface area contributed by atoms with E-state index in [9.17, 15) is 8.42 Å². The maximum absolute atomic E-state index is 11.7. The number of nitrogens with one attached hydrogen (secondary N) is 1. The van der Waals surface area contributed by atoms with E-state index >= 15 is 0 Å². The van der Waals surface area contributed by atoms with Gasteiger partial charge in [-0.3, -0.25) is 5.10 Å². The third-order valence-electron chi connectivity index (χ3n) is 5.06. The molecule has 142 valence electrons. The molecule has 1 aliphatic carbocycles. The van der Waals surface area contributed by atoms with E-state index in [2.05, 4.69) is 17.1 Å². The number of aromatic amines is 1. The lowest BCUT2D eigenvalue weighted by atomic mass is 9.87. The lowest BCUT2D eigenvalue weighted by Gasteiger charge is -2.20. The van der Waals surface area contributed by atoms with E-state index in [1.54, 1.807) is 12.2 Å². The predicted molar refractivity (Wildman–Crippen MR) is 112 cm³/mol. The molecule has 1 heterocycles. The van der Waals surface area contributed by atoms with Crippen LogP contribution in [0, 0.1) is 5.92 Å². The highest BCUT2D eigenvalue weighted by Crippen LogP contribution is 2.35. The van der Waals surface area contributed by atoms with Crippen LogP contribution in [0.4, 0.5) is 0 Å². The van der Waals surface area contributed by atoms with Crippen LogP contribution in [0.25, 0.3) is 28.0 Å². The molecule has 0 fully saturated rings. The van der Waals surface area contributed by atoms with Gasteiger partial charge < -0.3 is 0 Å². The molecule has 0 amide bonds. The number of primary sulfonamides is 1. The summed E-state index contributed by atoms with van der Waals surface area (Å²) in [6.45, 7) is 2.08. The summed E-state index contributed by atoms with van der Waals surface area (Å²) in [6.07, 6.45) is 5.85. The van der Waals surface area contributed by atoms with Gasteiger partial charge in [0.15, 0.2) is 0 Å². The van der Waals surface area contributed by atoms with Crippen LogP contribution in [0.15, 0.2) is 77.9 Å². The van der Waals surface area contributed by atoms with Crippen molar-refractivity contribution in [1.82, 2.24) is 10.2 Å². The molecule has 1 atom stereocenters. The predicted octanol–water partition coefficient (Wildman–Crippen LogP) is 4.34. The summed E-state index contributed by atoms with van der Waals surface area (Å²) in [5, 5.41) is 12.6. The van der Waals surface area contributed by atoms with Gasteiger partial charge in [-0.2, -0.15) is 5.10 Å². The number of sulfonamides is 1. The fourth-order valence-electron chi connectivity index (χ4n) is 3.51. The molecular formula is C22H21N3O2S. The van der Waals surface area contributed by atoms with Crippen LogP contribution in [0.1, 0.15) is 18.9 Å². The zero-order valence-electron chi connectivity index (χ0n) is 15.5. The lowest BCUT2D eigenvalue weighted by molar-refractivity contribution is 0.603. The molecule has 2 aromatic carbocycles. The van der Waals surface area contributed by atoms with Gasteiger partial charge in [0.05, 0.1) is 16.8 Å². The minimum Gasteiger partial charge on any atom is -0.277 e. The number of hydrogen-bond donors (Lipinski definition) is 2. The fraction of sp³-hybridized carbons (Fsp3) is 0.136. The SMILES string of the molecule is CC1CC=C(S(N)(=O)=O)C=C1c1ccc(-c2cn[nH]c2-c2ccccc2)cc1. The Morgan fingerprint density at radius 2 is 1.68 bits per heavy atom. The van der Waals surface area contributed by atoms with Gasteiger partial charge >= 0.3 is 0 Å². The first-order valence-electron chi connectivity index (χ1n) is 9.07. The molecule has 1 unspecified atom stereocenters. The van der Waals surface area contributed by atoms with Crippen molar-refractivity contribution in [3.05, 3.63) is 83.4 Å². The van der Waals surface area contributed by atoms with E-state index < -0.39 is 10.0 Å². The van der Waals surface area contributed by atoms with Crippen LogP contribution in [0.2, 0.25) is 0 Å². The highest BCUT2D eigenvalue weighted by molar-refractivity contribution is 7.93. The third-order valence-corrected chi connectivity index (χ3v) is 6.00. The third kappa shape index (κ3) is 3.56. The van der Waals surface area contributed by atoms with Crippen LogP contribution in [0.5, 0.6) is 0 Å². The number of nitrogens with two attached hydrogens (primary N) is 1. The molecule has 0 saturated carbocycles. The number of aromatic nitrogens is 2. The Bertz CT molecular complexity index is 1160. The second-order valence-electron chi connectivity index (χ2n) is 6.99. The Hall–Kier alpha value is -2.96. The van der Waals surface area contributed by atoms with Crippen LogP contribution in [-0.2, 0) is 10.0 Å². The molecule has 6 heteroatoms. The van der Waals surface area contributed by atoms with Gasteiger partial charge in [-0.25, -0.2) is 13.6 Å². The largest absolute Gasteiger partial charge is 0.277 e. The molecule has 0 spiro atoms. The standard InChI is InChI=1S/C22H21N3O2S/c1-15-7-12-19(28(23,26)27)13-20(15)16-8-10-17(11-9-16)21-14-24-25-22(21)18-5-3-2-4-6-18/h2-6,8-15H,7H2,1H3,(H,24,25)(H2,23,26,27). The highest BCUT2D eigenvalue weighted by atomic mass is 32.2. The summed E-state index contributed by atoms with van der Waals surface area (Å²) in [7, 11) is -3.70. The molecule has 0 saturated heterocycles. The number of benzene rings is 2. The minimum absolute atomic E-state index is 0.186. The number of allylic oxidation sites excluding steroid dienone is 3. The van der Waals surface area contributed by atoms with Crippen LogP contribution in [-0.4, -0.2) is 18.6 Å². The molecule has 5 nitrogen and oxygen atoms in total. The van der Waals surface area contributed by atoms with E-state index in [-0.39, 0.29) is 10.8 Å². The van der Waals surface area contributed by atoms with E-state index in [0.29, 0.717) is 6.42 Å². The smallest absolute Gasteiger partial charge is 0.237 e. The first kappa shape index (κ1) is 18.4. The van der Waals surface area contributed by atoms with Crippen molar-refractivity contribution in [2.45, 2.75) is 13.3 Å². The monoisotopic (exact) mass is 391 g/mol. The van der Waals surface area contributed by atoms with Gasteiger partial charge in [0.25, 0.3) is 0 Å². The van der Waals surface area contributed by atoms with Crippen molar-refractivity contribution in [2.24, 2.45) is 11.1 Å². The number of nitrogens with zero attached hydrogens (tertiary/aromatic N) is 1. The molecule has 3 aromatic rings. The van der Waals surface area contributed by atoms with E-state index in [1.807, 2.05) is 60.8 Å². The van der Waals surface area contributed by atoms with Crippen molar-refractivity contribution in [3.63, 3.8) is 0 Å². The lowest BCUT2D eigenvalue weighted by Crippen LogP contribution is -2.16. The summed E-state index contributed by atoms with van der Waals surface area (Å²) < 4.78 is 23.4. The molecule has 1 aliphatic rings.